The number of alkyl halides is 4. The van der Waals surface area contributed by atoms with Crippen LogP contribution in [0.15, 0.2) is 36.4 Å². The summed E-state index contributed by atoms with van der Waals surface area (Å²) in [5.74, 6) is -0.310. The molecule has 0 unspecified atom stereocenters. The average Bonchev–Trinajstić information content (AvgIpc) is 3.18. The molecule has 2 aliphatic carbocycles. The summed E-state index contributed by atoms with van der Waals surface area (Å²) < 4.78 is 57.3. The van der Waals surface area contributed by atoms with Crippen LogP contribution in [-0.4, -0.2) is 42.1 Å². The van der Waals surface area contributed by atoms with Crippen molar-refractivity contribution in [2.24, 2.45) is 0 Å². The van der Waals surface area contributed by atoms with Crippen LogP contribution in [0.2, 0.25) is 0 Å². The number of hydrazine groups is 1. The van der Waals surface area contributed by atoms with Gasteiger partial charge in [0.05, 0.1) is 17.5 Å². The first kappa shape index (κ1) is 27.6. The second-order valence-electron chi connectivity index (χ2n) is 11.9. The Hall–Kier alpha value is -2.98. The molecule has 3 N–H and O–H groups in total. The number of benzene rings is 2. The Bertz CT molecular complexity index is 1320. The van der Waals surface area contributed by atoms with Crippen LogP contribution in [0.25, 0.3) is 0 Å². The molecule has 1 aliphatic heterocycles. The van der Waals surface area contributed by atoms with Crippen molar-refractivity contribution in [3.63, 3.8) is 0 Å². The summed E-state index contributed by atoms with van der Waals surface area (Å²) in [5, 5.41) is 13.6. The number of anilines is 1. The SMILES string of the molecule is CNN(C)C(=N)C1(c2cccc(N3Cc4c(cc(CNC5(C)CCC5)cc4C(F)(F)F)C3=O)c2)CC(C)(F)C1.[HH]. The number of likely N-dealkylation sites (N-methyl/N-ethyl adjacent to an activating group) is 1. The van der Waals surface area contributed by atoms with E-state index in [1.807, 2.05) is 0 Å². The molecular formula is C29H37F4N5O. The van der Waals surface area contributed by atoms with Gasteiger partial charge in [0.1, 0.15) is 11.5 Å². The van der Waals surface area contributed by atoms with E-state index in [0.717, 1.165) is 25.3 Å². The Morgan fingerprint density at radius 1 is 1.18 bits per heavy atom. The van der Waals surface area contributed by atoms with Gasteiger partial charge in [-0.05, 0) is 86.9 Å². The molecule has 0 bridgehead atoms. The van der Waals surface area contributed by atoms with E-state index in [0.29, 0.717) is 16.8 Å². The minimum atomic E-state index is -4.60. The fraction of sp³-hybridized carbons (Fsp3) is 0.517. The highest BCUT2D eigenvalue weighted by Crippen LogP contribution is 2.54. The zero-order valence-corrected chi connectivity index (χ0v) is 22.7. The van der Waals surface area contributed by atoms with Gasteiger partial charge in [0.25, 0.3) is 5.91 Å². The standard InChI is InChI=1S/C29H35F4N5O.H2/c1-26(30)16-28(17-26,25(34)37(4)35-3)19-7-5-8-20(13-19)38-15-22-21(24(38)39)11-18(12-23(22)29(31,32)33)14-36-27(2)9-6-10-27;/h5,7-8,11-13,34-36H,6,9-10,14-17H2,1-4H3;1H. The minimum absolute atomic E-state index is 0. The number of carbonyl (C=O) groups is 1. The number of rotatable bonds is 7. The average molecular weight is 548 g/mol. The quantitative estimate of drug-likeness (QED) is 0.174. The van der Waals surface area contributed by atoms with E-state index in [2.05, 4.69) is 17.7 Å². The predicted octanol–water partition coefficient (Wildman–Crippen LogP) is 5.95. The van der Waals surface area contributed by atoms with Crippen LogP contribution in [0.3, 0.4) is 0 Å². The van der Waals surface area contributed by atoms with Crippen molar-refractivity contribution in [1.29, 1.82) is 5.41 Å². The molecule has 2 aromatic rings. The number of amides is 1. The molecule has 0 radical (unpaired) electrons. The summed E-state index contributed by atoms with van der Waals surface area (Å²) in [5.41, 5.74) is 1.18. The van der Waals surface area contributed by atoms with Crippen molar-refractivity contribution >= 4 is 17.4 Å². The molecule has 3 aliphatic rings. The number of amidine groups is 1. The highest BCUT2D eigenvalue weighted by atomic mass is 19.4. The van der Waals surface area contributed by atoms with Crippen molar-refractivity contribution in [3.05, 3.63) is 64.2 Å². The maximum absolute atomic E-state index is 14.8. The lowest BCUT2D eigenvalue weighted by Gasteiger charge is -2.52. The van der Waals surface area contributed by atoms with Gasteiger partial charge in [-0.3, -0.25) is 15.2 Å². The molecule has 0 atom stereocenters. The van der Waals surface area contributed by atoms with E-state index < -0.39 is 28.7 Å². The molecule has 5 rings (SSSR count). The molecule has 1 amide bonds. The Kier molecular flexibility index (Phi) is 6.58. The topological polar surface area (TPSA) is 71.5 Å². The smallest absolute Gasteiger partial charge is 0.307 e. The second kappa shape index (κ2) is 9.30. The van der Waals surface area contributed by atoms with Gasteiger partial charge < -0.3 is 10.2 Å². The van der Waals surface area contributed by atoms with Gasteiger partial charge in [-0.25, -0.2) is 9.82 Å². The fourth-order valence-corrected chi connectivity index (χ4v) is 6.35. The number of nitrogens with zero attached hydrogens (tertiary/aromatic N) is 2. The number of nitrogens with one attached hydrogen (secondary N) is 3. The van der Waals surface area contributed by atoms with Gasteiger partial charge in [-0.1, -0.05) is 12.1 Å². The van der Waals surface area contributed by atoms with E-state index in [9.17, 15) is 22.4 Å². The summed E-state index contributed by atoms with van der Waals surface area (Å²) in [4.78, 5) is 14.9. The summed E-state index contributed by atoms with van der Waals surface area (Å²) in [6, 6.07) is 9.61. The van der Waals surface area contributed by atoms with Crippen molar-refractivity contribution in [2.45, 2.75) is 81.8 Å². The molecule has 10 heteroatoms. The Balaban J connectivity index is 0.00000370. The molecule has 2 aromatic carbocycles. The molecule has 1 heterocycles. The third kappa shape index (κ3) is 4.82. The lowest BCUT2D eigenvalue weighted by molar-refractivity contribution is -0.138. The van der Waals surface area contributed by atoms with Crippen LogP contribution in [0.5, 0.6) is 0 Å². The number of fused-ring (bicyclic) bond motifs is 1. The first-order chi connectivity index (χ1) is 18.2. The zero-order valence-electron chi connectivity index (χ0n) is 22.7. The van der Waals surface area contributed by atoms with E-state index in [4.69, 9.17) is 5.41 Å². The van der Waals surface area contributed by atoms with Gasteiger partial charge in [0.2, 0.25) is 0 Å². The summed E-state index contributed by atoms with van der Waals surface area (Å²) in [6.45, 7) is 3.60. The molecule has 39 heavy (non-hydrogen) atoms. The maximum atomic E-state index is 14.8. The second-order valence-corrected chi connectivity index (χ2v) is 11.9. The van der Waals surface area contributed by atoms with E-state index in [-0.39, 0.29) is 49.9 Å². The van der Waals surface area contributed by atoms with Crippen molar-refractivity contribution in [1.82, 2.24) is 15.8 Å². The number of halogens is 4. The number of hydrogen-bond donors (Lipinski definition) is 3. The van der Waals surface area contributed by atoms with E-state index >= 15 is 0 Å². The number of carbonyl (C=O) groups excluding carboxylic acids is 1. The first-order valence-corrected chi connectivity index (χ1v) is 13.3. The number of hydrogen-bond acceptors (Lipinski definition) is 4. The third-order valence-electron chi connectivity index (χ3n) is 8.76. The molecule has 0 aromatic heterocycles. The van der Waals surface area contributed by atoms with E-state index in [1.165, 1.54) is 16.8 Å². The minimum Gasteiger partial charge on any atom is -0.307 e. The molecule has 6 nitrogen and oxygen atoms in total. The van der Waals surface area contributed by atoms with Gasteiger partial charge in [-0.15, -0.1) is 0 Å². The molecule has 2 fully saturated rings. The normalized spacial score (nSPS) is 25.6. The van der Waals surface area contributed by atoms with Crippen LogP contribution in [0.1, 0.15) is 80.0 Å². The molecule has 0 saturated heterocycles. The predicted molar refractivity (Wildman–Crippen MR) is 145 cm³/mol. The Labute approximate surface area is 227 Å². The molecule has 0 spiro atoms. The Morgan fingerprint density at radius 2 is 1.87 bits per heavy atom. The fourth-order valence-electron chi connectivity index (χ4n) is 6.35. The molecular weight excluding hydrogens is 510 g/mol. The van der Waals surface area contributed by atoms with Crippen molar-refractivity contribution in [2.75, 3.05) is 19.0 Å². The Morgan fingerprint density at radius 3 is 2.44 bits per heavy atom. The molecule has 212 valence electrons. The maximum Gasteiger partial charge on any atom is 0.416 e. The summed E-state index contributed by atoms with van der Waals surface area (Å²) in [6.07, 6.45) is -1.39. The highest BCUT2D eigenvalue weighted by molar-refractivity contribution is 6.10. The van der Waals surface area contributed by atoms with Gasteiger partial charge in [0.15, 0.2) is 0 Å². The first-order valence-electron chi connectivity index (χ1n) is 13.3. The van der Waals surface area contributed by atoms with Gasteiger partial charge in [0, 0.05) is 38.9 Å². The van der Waals surface area contributed by atoms with Gasteiger partial charge in [-0.2, -0.15) is 13.2 Å². The van der Waals surface area contributed by atoms with Crippen LogP contribution in [0, 0.1) is 5.41 Å². The van der Waals surface area contributed by atoms with Crippen LogP contribution in [-0.2, 0) is 24.7 Å². The summed E-state index contributed by atoms with van der Waals surface area (Å²) in [7, 11) is 3.35. The van der Waals surface area contributed by atoms with Crippen LogP contribution >= 0.6 is 0 Å². The third-order valence-corrected chi connectivity index (χ3v) is 8.76. The van der Waals surface area contributed by atoms with Gasteiger partial charge >= 0.3 is 6.18 Å². The lowest BCUT2D eigenvalue weighted by Crippen LogP contribution is -2.60. The highest BCUT2D eigenvalue weighted by Gasteiger charge is 2.57. The van der Waals surface area contributed by atoms with E-state index in [1.54, 1.807) is 44.4 Å². The monoisotopic (exact) mass is 547 g/mol. The lowest BCUT2D eigenvalue weighted by atomic mass is 9.56. The zero-order chi connectivity index (χ0) is 28.4. The summed E-state index contributed by atoms with van der Waals surface area (Å²) >= 11 is 0. The van der Waals surface area contributed by atoms with Crippen LogP contribution < -0.4 is 15.6 Å². The largest absolute Gasteiger partial charge is 0.416 e. The molecule has 2 saturated carbocycles. The van der Waals surface area contributed by atoms with Crippen molar-refractivity contribution < 1.29 is 23.8 Å². The van der Waals surface area contributed by atoms with Crippen LogP contribution in [0.4, 0.5) is 23.2 Å². The van der Waals surface area contributed by atoms with Crippen molar-refractivity contribution in [3.8, 4) is 0 Å².